The number of hydrogen-bond acceptors (Lipinski definition) is 4. The van der Waals surface area contributed by atoms with Gasteiger partial charge in [-0.3, -0.25) is 4.79 Å². The van der Waals surface area contributed by atoms with Gasteiger partial charge in [-0.15, -0.1) is 0 Å². The van der Waals surface area contributed by atoms with Gasteiger partial charge in [0.2, 0.25) is 0 Å². The minimum atomic E-state index is -1.97. The Morgan fingerprint density at radius 3 is 2.17 bits per heavy atom. The lowest BCUT2D eigenvalue weighted by atomic mass is 10.3. The van der Waals surface area contributed by atoms with Crippen molar-refractivity contribution in [3.05, 3.63) is 0 Å². The number of carbonyl (C=O) groups excluding carboxylic acids is 1. The summed E-state index contributed by atoms with van der Waals surface area (Å²) in [5, 5.41) is 15.3. The largest absolute Gasteiger partial charge is 0.709 e. The van der Waals surface area contributed by atoms with Crippen LogP contribution >= 0.6 is 0 Å². The topological polar surface area (TPSA) is 66.8 Å². The molecule has 5 heteroatoms. The molecule has 0 amide bonds. The maximum atomic E-state index is 9.07. The Bertz CT molecular complexity index is 42.8. The van der Waals surface area contributed by atoms with Crippen molar-refractivity contribution in [2.45, 2.75) is 0 Å². The molecule has 4 nitrogen and oxygen atoms in total. The highest BCUT2D eigenvalue weighted by Crippen LogP contribution is 1.62. The highest BCUT2D eigenvalue weighted by atomic mass is 16.6. The molecule has 0 saturated heterocycles. The molecule has 0 spiro atoms. The molecule has 0 aliphatic heterocycles. The predicted molar refractivity (Wildman–Crippen MR) is 17.3 cm³/mol. The van der Waals surface area contributed by atoms with Crippen molar-refractivity contribution in [1.29, 1.82) is 0 Å². The van der Waals surface area contributed by atoms with Crippen LogP contribution in [0.1, 0.15) is 0 Å². The first-order valence-electron chi connectivity index (χ1n) is 1.22. The monoisotopic (exact) mass is 90.0 g/mol. The molecule has 0 aliphatic rings. The molecule has 2 N–H and O–H groups in total. The van der Waals surface area contributed by atoms with Crippen molar-refractivity contribution in [1.82, 2.24) is 0 Å². The number of rotatable bonds is 2. The maximum absolute atomic E-state index is 9.07. The van der Waals surface area contributed by atoms with Crippen molar-refractivity contribution in [3.63, 3.8) is 0 Å². The van der Waals surface area contributed by atoms with Gasteiger partial charge in [0, 0.05) is 0 Å². The van der Waals surface area contributed by atoms with Gasteiger partial charge in [-0.05, 0) is 0 Å². The van der Waals surface area contributed by atoms with Crippen molar-refractivity contribution in [2.24, 2.45) is 0 Å². The van der Waals surface area contributed by atoms with Gasteiger partial charge in [-0.25, -0.2) is 0 Å². The van der Waals surface area contributed by atoms with E-state index in [-0.39, 0.29) is 6.47 Å². The minimum Gasteiger partial charge on any atom is -0.487 e. The third-order valence-electron chi connectivity index (χ3n) is 0.177. The van der Waals surface area contributed by atoms with Gasteiger partial charge in [0.05, 0.1) is 0 Å². The molecule has 0 aromatic carbocycles. The zero-order valence-corrected chi connectivity index (χ0v) is 2.87. The van der Waals surface area contributed by atoms with Gasteiger partial charge in [0.1, 0.15) is 0 Å². The second-order valence-corrected chi connectivity index (χ2v) is 0.559. The molecule has 0 rings (SSSR count). The molecule has 0 radical (unpaired) electrons. The van der Waals surface area contributed by atoms with E-state index in [4.69, 9.17) is 14.8 Å². The summed E-state index contributed by atoms with van der Waals surface area (Å²) in [6.07, 6.45) is 0. The fraction of sp³-hybridized carbons (Fsp3) is 0. The van der Waals surface area contributed by atoms with Gasteiger partial charge < -0.3 is 14.7 Å². The van der Waals surface area contributed by atoms with E-state index in [0.29, 0.717) is 0 Å². The smallest absolute Gasteiger partial charge is 0.487 e. The van der Waals surface area contributed by atoms with Crippen LogP contribution in [0.3, 0.4) is 0 Å². The molecule has 0 heterocycles. The van der Waals surface area contributed by atoms with Crippen molar-refractivity contribution in [3.8, 4) is 0 Å². The molecule has 0 aromatic rings. The molecular weight excluding hydrogens is 86.8 g/mol. The van der Waals surface area contributed by atoms with Crippen molar-refractivity contribution < 1.29 is 19.5 Å². The summed E-state index contributed by atoms with van der Waals surface area (Å²) >= 11 is 0. The first-order chi connectivity index (χ1) is 2.77. The third-order valence-corrected chi connectivity index (χ3v) is 0.177. The Labute approximate surface area is 34.5 Å². The Morgan fingerprint density at radius 1 is 1.67 bits per heavy atom. The Hall–Kier alpha value is -0.545. The average Bonchev–Trinajstić information content (AvgIpc) is 1.35. The second-order valence-electron chi connectivity index (χ2n) is 0.559. The van der Waals surface area contributed by atoms with Crippen LogP contribution in [-0.4, -0.2) is 23.8 Å². The van der Waals surface area contributed by atoms with Crippen LogP contribution in [0.25, 0.3) is 0 Å². The molecule has 0 bridgehead atoms. The lowest BCUT2D eigenvalue weighted by Gasteiger charge is -1.86. The molecule has 6 heavy (non-hydrogen) atoms. The molecule has 0 atom stereocenters. The summed E-state index contributed by atoms with van der Waals surface area (Å²) in [4.78, 5) is 9.07. The van der Waals surface area contributed by atoms with E-state index in [9.17, 15) is 0 Å². The number of carbonyl (C=O) groups is 1. The molecular formula is CH3BO4. The van der Waals surface area contributed by atoms with Crippen LogP contribution in [0.15, 0.2) is 0 Å². The lowest BCUT2D eigenvalue weighted by molar-refractivity contribution is -0.122. The zero-order chi connectivity index (χ0) is 4.99. The molecule has 0 fully saturated rings. The van der Waals surface area contributed by atoms with Gasteiger partial charge in [0.15, 0.2) is 0 Å². The fourth-order valence-electron chi connectivity index (χ4n) is 0.0497. The Kier molecular flexibility index (Phi) is 2.44. The predicted octanol–water partition coefficient (Wildman–Crippen LogP) is -1.87. The Morgan fingerprint density at radius 2 is 2.17 bits per heavy atom. The van der Waals surface area contributed by atoms with Gasteiger partial charge in [-0.1, -0.05) is 0 Å². The van der Waals surface area contributed by atoms with Crippen LogP contribution in [0, 0.1) is 0 Å². The van der Waals surface area contributed by atoms with E-state index in [1.165, 1.54) is 0 Å². The van der Waals surface area contributed by atoms with Crippen LogP contribution in [0.5, 0.6) is 0 Å². The first-order valence-corrected chi connectivity index (χ1v) is 1.22. The van der Waals surface area contributed by atoms with Gasteiger partial charge in [-0.2, -0.15) is 0 Å². The Balaban J connectivity index is 2.81. The third kappa shape index (κ3) is 3.45. The summed E-state index contributed by atoms with van der Waals surface area (Å²) < 4.78 is 3.47. The summed E-state index contributed by atoms with van der Waals surface area (Å²) in [6.45, 7) is -0.0509. The normalized spacial score (nSPS) is 7.00. The summed E-state index contributed by atoms with van der Waals surface area (Å²) in [5.74, 6) is 0. The molecule has 34 valence electrons. The van der Waals surface area contributed by atoms with E-state index < -0.39 is 7.32 Å². The molecule has 0 unspecified atom stereocenters. The van der Waals surface area contributed by atoms with E-state index in [1.807, 2.05) is 0 Å². The SMILES string of the molecule is O=COB(O)O. The molecule has 0 saturated carbocycles. The van der Waals surface area contributed by atoms with Crippen LogP contribution in [0.4, 0.5) is 0 Å². The minimum absolute atomic E-state index is 0.0509. The summed E-state index contributed by atoms with van der Waals surface area (Å²) in [7, 11) is -1.97. The van der Waals surface area contributed by atoms with Crippen LogP contribution in [0.2, 0.25) is 0 Å². The lowest BCUT2D eigenvalue weighted by Crippen LogP contribution is -2.14. The number of hydrogen-bond donors (Lipinski definition) is 2. The van der Waals surface area contributed by atoms with E-state index in [2.05, 4.69) is 4.65 Å². The standard InChI is InChI=1S/CH3BO4/c3-1-6-2(4)5/h1,4-5H. The summed E-state index contributed by atoms with van der Waals surface area (Å²) in [6, 6.07) is 0. The average molecular weight is 89.8 g/mol. The maximum Gasteiger partial charge on any atom is 0.709 e. The van der Waals surface area contributed by atoms with E-state index >= 15 is 0 Å². The first kappa shape index (κ1) is 5.45. The van der Waals surface area contributed by atoms with Crippen molar-refractivity contribution >= 4 is 13.8 Å². The van der Waals surface area contributed by atoms with Gasteiger partial charge in [0.25, 0.3) is 6.47 Å². The summed E-state index contributed by atoms with van der Waals surface area (Å²) in [5.41, 5.74) is 0. The van der Waals surface area contributed by atoms with Gasteiger partial charge >= 0.3 is 7.32 Å². The van der Waals surface area contributed by atoms with E-state index in [1.54, 1.807) is 0 Å². The highest BCUT2D eigenvalue weighted by molar-refractivity contribution is 6.34. The fourth-order valence-corrected chi connectivity index (χ4v) is 0.0497. The second kappa shape index (κ2) is 2.68. The van der Waals surface area contributed by atoms with E-state index in [0.717, 1.165) is 0 Å². The van der Waals surface area contributed by atoms with Crippen LogP contribution in [-0.2, 0) is 9.45 Å². The van der Waals surface area contributed by atoms with Crippen molar-refractivity contribution in [2.75, 3.05) is 0 Å². The molecule has 0 aromatic heterocycles. The van der Waals surface area contributed by atoms with Crippen LogP contribution < -0.4 is 0 Å². The highest BCUT2D eigenvalue weighted by Gasteiger charge is 2.06. The quantitative estimate of drug-likeness (QED) is 0.308. The zero-order valence-electron chi connectivity index (χ0n) is 2.87. The molecule has 0 aliphatic carbocycles.